The Morgan fingerprint density at radius 1 is 1.15 bits per heavy atom. The van der Waals surface area contributed by atoms with Gasteiger partial charge in [-0.25, -0.2) is 0 Å². The predicted molar refractivity (Wildman–Crippen MR) is 110 cm³/mol. The van der Waals surface area contributed by atoms with Gasteiger partial charge in [-0.05, 0) is 36.6 Å². The maximum atomic E-state index is 11.0. The van der Waals surface area contributed by atoms with Gasteiger partial charge in [0.05, 0.1) is 12.4 Å². The molecule has 0 radical (unpaired) electrons. The first-order valence-electron chi connectivity index (χ1n) is 8.64. The molecule has 0 amide bonds. The summed E-state index contributed by atoms with van der Waals surface area (Å²) in [7, 11) is 1.70. The summed E-state index contributed by atoms with van der Waals surface area (Å²) in [6.45, 7) is 6.04. The molecule has 1 unspecified atom stereocenters. The van der Waals surface area contributed by atoms with Crippen LogP contribution in [-0.4, -0.2) is 25.4 Å². The highest BCUT2D eigenvalue weighted by Crippen LogP contribution is 2.38. The summed E-state index contributed by atoms with van der Waals surface area (Å²) in [5.41, 5.74) is 4.73. The van der Waals surface area contributed by atoms with Gasteiger partial charge in [0.25, 0.3) is 0 Å². The lowest BCUT2D eigenvalue weighted by atomic mass is 10.0. The van der Waals surface area contributed by atoms with Gasteiger partial charge in [-0.15, -0.1) is 11.8 Å². The van der Waals surface area contributed by atoms with Crippen LogP contribution in [0, 0.1) is 13.8 Å². The molecule has 0 saturated heterocycles. The number of hydrogen-bond acceptors (Lipinski definition) is 4. The van der Waals surface area contributed by atoms with E-state index in [-0.39, 0.29) is 11.2 Å². The topological polar surface area (TPSA) is 35.5 Å². The number of esters is 1. The van der Waals surface area contributed by atoms with Gasteiger partial charge in [0.1, 0.15) is 12.4 Å². The molecule has 3 nitrogen and oxygen atoms in total. The third kappa shape index (κ3) is 5.95. The largest absolute Gasteiger partial charge is 0.496 e. The molecule has 0 aliphatic heterocycles. The number of thioether (sulfide) groups is 1. The van der Waals surface area contributed by atoms with Crippen molar-refractivity contribution in [3.63, 3.8) is 0 Å². The molecule has 0 saturated carbocycles. The van der Waals surface area contributed by atoms with Crippen LogP contribution in [0.3, 0.4) is 0 Å². The van der Waals surface area contributed by atoms with Crippen LogP contribution in [0.5, 0.6) is 5.75 Å². The third-order valence-corrected chi connectivity index (χ3v) is 5.27. The van der Waals surface area contributed by atoms with Gasteiger partial charge < -0.3 is 9.47 Å². The van der Waals surface area contributed by atoms with Crippen LogP contribution in [0.25, 0.3) is 6.08 Å². The van der Waals surface area contributed by atoms with Crippen molar-refractivity contribution in [3.05, 3.63) is 70.8 Å². The van der Waals surface area contributed by atoms with E-state index < -0.39 is 0 Å². The molecule has 2 aromatic rings. The summed E-state index contributed by atoms with van der Waals surface area (Å²) in [4.78, 5) is 11.0. The first kappa shape index (κ1) is 20.1. The van der Waals surface area contributed by atoms with Crippen molar-refractivity contribution in [1.82, 2.24) is 0 Å². The van der Waals surface area contributed by atoms with E-state index in [0.717, 1.165) is 22.6 Å². The van der Waals surface area contributed by atoms with E-state index in [1.807, 2.05) is 18.2 Å². The molecule has 0 aromatic heterocycles. The average Bonchev–Trinajstić information content (AvgIpc) is 2.63. The molecular weight excluding hydrogens is 344 g/mol. The summed E-state index contributed by atoms with van der Waals surface area (Å²) in [5, 5.41) is 0.111. The minimum atomic E-state index is -0.245. The SMILES string of the molecule is COc1cc(C)c(C)cc1C(/C=C/c1ccccc1)SCCOC(C)=O. The molecule has 1 atom stereocenters. The van der Waals surface area contributed by atoms with Crippen LogP contribution in [0.4, 0.5) is 0 Å². The average molecular weight is 371 g/mol. The summed E-state index contributed by atoms with van der Waals surface area (Å²) >= 11 is 1.74. The summed E-state index contributed by atoms with van der Waals surface area (Å²) in [6, 6.07) is 14.5. The lowest BCUT2D eigenvalue weighted by Crippen LogP contribution is -2.05. The molecule has 0 aliphatic carbocycles. The number of ether oxygens (including phenoxy) is 2. The minimum Gasteiger partial charge on any atom is -0.496 e. The number of hydrogen-bond donors (Lipinski definition) is 0. The van der Waals surface area contributed by atoms with Crippen molar-refractivity contribution < 1.29 is 14.3 Å². The molecule has 138 valence electrons. The van der Waals surface area contributed by atoms with Gasteiger partial charge in [-0.3, -0.25) is 4.79 Å². The molecule has 4 heteroatoms. The Labute approximate surface area is 160 Å². The van der Waals surface area contributed by atoms with Crippen molar-refractivity contribution in [1.29, 1.82) is 0 Å². The van der Waals surface area contributed by atoms with Gasteiger partial charge in [0, 0.05) is 18.2 Å². The Balaban J connectivity index is 2.26. The molecule has 2 rings (SSSR count). The number of rotatable bonds is 8. The lowest BCUT2D eigenvalue weighted by Gasteiger charge is -2.18. The first-order valence-corrected chi connectivity index (χ1v) is 9.69. The maximum absolute atomic E-state index is 11.0. The fourth-order valence-corrected chi connectivity index (χ4v) is 3.57. The van der Waals surface area contributed by atoms with Crippen LogP contribution >= 0.6 is 11.8 Å². The maximum Gasteiger partial charge on any atom is 0.302 e. The molecule has 26 heavy (non-hydrogen) atoms. The highest BCUT2D eigenvalue weighted by Gasteiger charge is 2.16. The van der Waals surface area contributed by atoms with E-state index in [1.165, 1.54) is 18.1 Å². The monoisotopic (exact) mass is 370 g/mol. The highest BCUT2D eigenvalue weighted by molar-refractivity contribution is 7.99. The summed E-state index contributed by atoms with van der Waals surface area (Å²) < 4.78 is 10.7. The lowest BCUT2D eigenvalue weighted by molar-refractivity contribution is -0.140. The zero-order valence-corrected chi connectivity index (χ0v) is 16.6. The Hall–Kier alpha value is -2.20. The molecule has 2 aromatic carbocycles. The zero-order valence-electron chi connectivity index (χ0n) is 15.8. The second-order valence-electron chi connectivity index (χ2n) is 6.08. The van der Waals surface area contributed by atoms with Gasteiger partial charge in [-0.2, -0.15) is 0 Å². The van der Waals surface area contributed by atoms with E-state index in [2.05, 4.69) is 50.3 Å². The standard InChI is InChI=1S/C22H26O3S/c1-16-14-20(21(24-4)15-17(16)2)22(26-13-12-25-18(3)23)11-10-19-8-6-5-7-9-19/h5-11,14-15,22H,12-13H2,1-4H3/b11-10+. The Morgan fingerprint density at radius 3 is 2.50 bits per heavy atom. The number of carbonyl (C=O) groups is 1. The normalized spacial score (nSPS) is 12.2. The molecule has 0 bridgehead atoms. The van der Waals surface area contributed by atoms with Gasteiger partial charge >= 0.3 is 5.97 Å². The Morgan fingerprint density at radius 2 is 1.85 bits per heavy atom. The number of benzene rings is 2. The van der Waals surface area contributed by atoms with Crippen molar-refractivity contribution in [2.24, 2.45) is 0 Å². The Kier molecular flexibility index (Phi) is 7.79. The van der Waals surface area contributed by atoms with E-state index in [9.17, 15) is 4.79 Å². The molecule has 0 N–H and O–H groups in total. The molecule has 0 fully saturated rings. The fraction of sp³-hybridized carbons (Fsp3) is 0.318. The molecule has 0 heterocycles. The third-order valence-electron chi connectivity index (χ3n) is 4.10. The van der Waals surface area contributed by atoms with Crippen LogP contribution < -0.4 is 4.74 Å². The smallest absolute Gasteiger partial charge is 0.302 e. The van der Waals surface area contributed by atoms with Crippen molar-refractivity contribution in [2.75, 3.05) is 19.5 Å². The first-order chi connectivity index (χ1) is 12.5. The predicted octanol–water partition coefficient (Wildman–Crippen LogP) is 5.36. The quantitative estimate of drug-likeness (QED) is 0.463. The van der Waals surface area contributed by atoms with Crippen molar-refractivity contribution in [2.45, 2.75) is 26.0 Å². The fourth-order valence-electron chi connectivity index (χ4n) is 2.58. The van der Waals surface area contributed by atoms with Gasteiger partial charge in [0.15, 0.2) is 0 Å². The van der Waals surface area contributed by atoms with Crippen LogP contribution in [0.2, 0.25) is 0 Å². The highest BCUT2D eigenvalue weighted by atomic mass is 32.2. The van der Waals surface area contributed by atoms with Crippen molar-refractivity contribution in [3.8, 4) is 5.75 Å². The minimum absolute atomic E-state index is 0.111. The van der Waals surface area contributed by atoms with Crippen LogP contribution in [0.15, 0.2) is 48.5 Å². The van der Waals surface area contributed by atoms with E-state index in [0.29, 0.717) is 6.61 Å². The summed E-state index contributed by atoms with van der Waals surface area (Å²) in [6.07, 6.45) is 4.30. The van der Waals surface area contributed by atoms with Gasteiger partial charge in [-0.1, -0.05) is 48.6 Å². The van der Waals surface area contributed by atoms with Crippen molar-refractivity contribution >= 4 is 23.8 Å². The molecule has 0 aliphatic rings. The second-order valence-corrected chi connectivity index (χ2v) is 7.33. The van der Waals surface area contributed by atoms with E-state index in [1.54, 1.807) is 18.9 Å². The van der Waals surface area contributed by atoms with Crippen LogP contribution in [0.1, 0.15) is 34.4 Å². The van der Waals surface area contributed by atoms with E-state index in [4.69, 9.17) is 9.47 Å². The number of aryl methyl sites for hydroxylation is 2. The van der Waals surface area contributed by atoms with E-state index >= 15 is 0 Å². The molecular formula is C22H26O3S. The zero-order chi connectivity index (χ0) is 18.9. The molecule has 0 spiro atoms. The second kappa shape index (κ2) is 10.1. The van der Waals surface area contributed by atoms with Crippen LogP contribution in [-0.2, 0) is 9.53 Å². The number of carbonyl (C=O) groups excluding carboxylic acids is 1. The summed E-state index contributed by atoms with van der Waals surface area (Å²) in [5.74, 6) is 1.36. The number of methoxy groups -OCH3 is 1. The van der Waals surface area contributed by atoms with Gasteiger partial charge in [0.2, 0.25) is 0 Å². The Bertz CT molecular complexity index is 753.